The number of halogens is 1. The van der Waals surface area contributed by atoms with Crippen LogP contribution in [0.5, 0.6) is 0 Å². The largest absolute Gasteiger partial charge is 0.322 e. The second kappa shape index (κ2) is 9.08. The lowest BCUT2D eigenvalue weighted by molar-refractivity contribution is 0.207. The number of carbonyl (C=O) groups is 1. The molecular weight excluding hydrogens is 347 g/mol. The molecule has 0 fully saturated rings. The van der Waals surface area contributed by atoms with Crippen molar-refractivity contribution in [3.05, 3.63) is 59.4 Å². The average molecular weight is 375 g/mol. The summed E-state index contributed by atoms with van der Waals surface area (Å²) in [6.07, 6.45) is 1.11. The maximum Gasteiger partial charge on any atom is 0.322 e. The van der Waals surface area contributed by atoms with Gasteiger partial charge in [-0.2, -0.15) is 0 Å². The highest BCUT2D eigenvalue weighted by Crippen LogP contribution is 2.29. The molecule has 2 amide bonds. The molecule has 2 aromatic rings. The summed E-state index contributed by atoms with van der Waals surface area (Å²) in [6, 6.07) is 12.0. The van der Waals surface area contributed by atoms with E-state index in [2.05, 4.69) is 25.2 Å². The Bertz CT molecular complexity index is 765. The zero-order valence-electron chi connectivity index (χ0n) is 16.0. The molecule has 0 radical (unpaired) electrons. The van der Waals surface area contributed by atoms with Crippen molar-refractivity contribution in [2.24, 2.45) is 0 Å². The van der Waals surface area contributed by atoms with Crippen LogP contribution in [0.2, 0.25) is 0 Å². The van der Waals surface area contributed by atoms with Crippen LogP contribution in [0.4, 0.5) is 14.9 Å². The SMILES string of the molecule is CCC(C)Sc1ccc(NC(=O)N(C)C(C)c2ccccc2F)c(C)c1. The molecule has 1 N–H and O–H groups in total. The summed E-state index contributed by atoms with van der Waals surface area (Å²) in [7, 11) is 1.68. The molecule has 0 aromatic heterocycles. The van der Waals surface area contributed by atoms with Crippen molar-refractivity contribution in [1.29, 1.82) is 0 Å². The number of nitrogens with zero attached hydrogens (tertiary/aromatic N) is 1. The first-order valence-electron chi connectivity index (χ1n) is 8.89. The van der Waals surface area contributed by atoms with Crippen molar-refractivity contribution in [1.82, 2.24) is 4.90 Å². The van der Waals surface area contributed by atoms with Gasteiger partial charge in [0, 0.05) is 28.4 Å². The highest BCUT2D eigenvalue weighted by Gasteiger charge is 2.20. The Morgan fingerprint density at radius 1 is 1.23 bits per heavy atom. The van der Waals surface area contributed by atoms with E-state index in [0.29, 0.717) is 10.8 Å². The summed E-state index contributed by atoms with van der Waals surface area (Å²) in [4.78, 5) is 15.3. The lowest BCUT2D eigenvalue weighted by Crippen LogP contribution is -2.34. The van der Waals surface area contributed by atoms with Crippen LogP contribution in [0, 0.1) is 12.7 Å². The highest BCUT2D eigenvalue weighted by atomic mass is 32.2. The number of thioether (sulfide) groups is 1. The Balaban J connectivity index is 2.08. The topological polar surface area (TPSA) is 32.3 Å². The molecule has 0 spiro atoms. The van der Waals surface area contributed by atoms with E-state index in [1.165, 1.54) is 15.9 Å². The van der Waals surface area contributed by atoms with E-state index in [0.717, 1.165) is 17.7 Å². The zero-order chi connectivity index (χ0) is 19.3. The van der Waals surface area contributed by atoms with Gasteiger partial charge in [0.2, 0.25) is 0 Å². The molecule has 0 aliphatic rings. The molecule has 26 heavy (non-hydrogen) atoms. The first kappa shape index (κ1) is 20.3. The van der Waals surface area contributed by atoms with Crippen LogP contribution in [-0.2, 0) is 0 Å². The van der Waals surface area contributed by atoms with Gasteiger partial charge in [-0.05, 0) is 50.1 Å². The minimum absolute atomic E-state index is 0.258. The standard InChI is InChI=1S/C21H27FN2OS/c1-6-15(3)26-17-11-12-20(14(2)13-17)23-21(25)24(5)16(4)18-9-7-8-10-19(18)22/h7-13,15-16H,6H2,1-5H3,(H,23,25). The summed E-state index contributed by atoms with van der Waals surface area (Å²) in [5.74, 6) is -0.303. The first-order chi connectivity index (χ1) is 12.3. The lowest BCUT2D eigenvalue weighted by Gasteiger charge is -2.26. The third kappa shape index (κ3) is 5.01. The van der Waals surface area contributed by atoms with Crippen molar-refractivity contribution in [2.45, 2.75) is 50.3 Å². The molecule has 5 heteroatoms. The van der Waals surface area contributed by atoms with Gasteiger partial charge in [-0.1, -0.05) is 32.0 Å². The number of carbonyl (C=O) groups excluding carboxylic acids is 1. The van der Waals surface area contributed by atoms with E-state index in [1.54, 1.807) is 25.2 Å². The molecule has 2 aromatic carbocycles. The molecule has 140 valence electrons. The summed E-state index contributed by atoms with van der Waals surface area (Å²) in [5.41, 5.74) is 2.29. The third-order valence-corrected chi connectivity index (χ3v) is 5.87. The van der Waals surface area contributed by atoms with Crippen LogP contribution in [0.3, 0.4) is 0 Å². The molecule has 2 rings (SSSR count). The molecule has 2 unspecified atom stereocenters. The summed E-state index contributed by atoms with van der Waals surface area (Å²) >= 11 is 1.83. The fourth-order valence-electron chi connectivity index (χ4n) is 2.57. The van der Waals surface area contributed by atoms with Gasteiger partial charge in [0.25, 0.3) is 0 Å². The number of hydrogen-bond acceptors (Lipinski definition) is 2. The van der Waals surface area contributed by atoms with Gasteiger partial charge in [-0.25, -0.2) is 9.18 Å². The Labute approximate surface area is 160 Å². The Hall–Kier alpha value is -2.01. The number of aryl methyl sites for hydroxylation is 1. The number of benzene rings is 2. The van der Waals surface area contributed by atoms with Gasteiger partial charge in [0.15, 0.2) is 0 Å². The molecule has 0 heterocycles. The molecule has 0 bridgehead atoms. The fourth-order valence-corrected chi connectivity index (χ4v) is 3.59. The quantitative estimate of drug-likeness (QED) is 0.606. The van der Waals surface area contributed by atoms with Crippen LogP contribution in [-0.4, -0.2) is 23.2 Å². The van der Waals surface area contributed by atoms with Crippen molar-refractivity contribution < 1.29 is 9.18 Å². The predicted molar refractivity (Wildman–Crippen MR) is 108 cm³/mol. The second-order valence-corrected chi connectivity index (χ2v) is 8.06. The number of urea groups is 1. The maximum absolute atomic E-state index is 14.0. The van der Waals surface area contributed by atoms with E-state index in [9.17, 15) is 9.18 Å². The molecule has 0 aliphatic heterocycles. The zero-order valence-corrected chi connectivity index (χ0v) is 16.9. The van der Waals surface area contributed by atoms with Crippen molar-refractivity contribution in [3.63, 3.8) is 0 Å². The Morgan fingerprint density at radius 3 is 2.54 bits per heavy atom. The van der Waals surface area contributed by atoms with Crippen LogP contribution in [0.25, 0.3) is 0 Å². The number of hydrogen-bond donors (Lipinski definition) is 1. The van der Waals surface area contributed by atoms with E-state index in [1.807, 2.05) is 37.7 Å². The summed E-state index contributed by atoms with van der Waals surface area (Å²) in [5, 5.41) is 3.49. The van der Waals surface area contributed by atoms with E-state index in [4.69, 9.17) is 0 Å². The smallest absolute Gasteiger partial charge is 0.321 e. The van der Waals surface area contributed by atoms with Gasteiger partial charge in [-0.15, -0.1) is 11.8 Å². The number of anilines is 1. The van der Waals surface area contributed by atoms with Gasteiger partial charge in [-0.3, -0.25) is 0 Å². The highest BCUT2D eigenvalue weighted by molar-refractivity contribution is 7.99. The lowest BCUT2D eigenvalue weighted by atomic mass is 10.1. The maximum atomic E-state index is 14.0. The Kier molecular flexibility index (Phi) is 7.09. The average Bonchev–Trinajstić information content (AvgIpc) is 2.63. The summed E-state index contributed by atoms with van der Waals surface area (Å²) in [6.45, 7) is 8.17. The van der Waals surface area contributed by atoms with Gasteiger partial charge in [0.05, 0.1) is 6.04 Å². The molecule has 0 saturated heterocycles. The monoisotopic (exact) mass is 374 g/mol. The van der Waals surface area contributed by atoms with Gasteiger partial charge < -0.3 is 10.2 Å². The van der Waals surface area contributed by atoms with E-state index >= 15 is 0 Å². The fraction of sp³-hybridized carbons (Fsp3) is 0.381. The van der Waals surface area contributed by atoms with Crippen LogP contribution >= 0.6 is 11.8 Å². The van der Waals surface area contributed by atoms with Crippen LogP contribution < -0.4 is 5.32 Å². The normalized spacial score (nSPS) is 13.2. The van der Waals surface area contributed by atoms with Crippen LogP contribution in [0.15, 0.2) is 47.4 Å². The molecular formula is C21H27FN2OS. The first-order valence-corrected chi connectivity index (χ1v) is 9.77. The van der Waals surface area contributed by atoms with E-state index < -0.39 is 0 Å². The minimum Gasteiger partial charge on any atom is -0.321 e. The number of nitrogens with one attached hydrogen (secondary N) is 1. The molecule has 0 aliphatic carbocycles. The number of amides is 2. The predicted octanol–water partition coefficient (Wildman–Crippen LogP) is 6.25. The van der Waals surface area contributed by atoms with E-state index in [-0.39, 0.29) is 17.9 Å². The molecule has 3 nitrogen and oxygen atoms in total. The molecule has 2 atom stereocenters. The van der Waals surface area contributed by atoms with Gasteiger partial charge >= 0.3 is 6.03 Å². The van der Waals surface area contributed by atoms with Crippen molar-refractivity contribution in [2.75, 3.05) is 12.4 Å². The second-order valence-electron chi connectivity index (χ2n) is 6.55. The van der Waals surface area contributed by atoms with Crippen molar-refractivity contribution in [3.8, 4) is 0 Å². The Morgan fingerprint density at radius 2 is 1.92 bits per heavy atom. The van der Waals surface area contributed by atoms with Crippen molar-refractivity contribution >= 4 is 23.5 Å². The van der Waals surface area contributed by atoms with Gasteiger partial charge in [0.1, 0.15) is 5.82 Å². The third-order valence-electron chi connectivity index (χ3n) is 4.61. The molecule has 0 saturated carbocycles. The number of rotatable bonds is 6. The summed E-state index contributed by atoms with van der Waals surface area (Å²) < 4.78 is 14.0. The van der Waals surface area contributed by atoms with Crippen LogP contribution in [0.1, 0.15) is 44.4 Å². The minimum atomic E-state index is -0.364.